The van der Waals surface area contributed by atoms with Gasteiger partial charge in [-0.1, -0.05) is 30.3 Å². The number of urea groups is 1. The first-order chi connectivity index (χ1) is 11.9. The van der Waals surface area contributed by atoms with E-state index in [1.165, 1.54) is 17.0 Å². The summed E-state index contributed by atoms with van der Waals surface area (Å²) < 4.78 is 5.75. The SMILES string of the molecule is CC(Cc1ccccc1)Oc1ccc(NC(=O)N(C)C)cc1[N+](=O)[O-]. The van der Waals surface area contributed by atoms with Gasteiger partial charge < -0.3 is 15.0 Å². The summed E-state index contributed by atoms with van der Waals surface area (Å²) in [6.45, 7) is 1.86. The molecule has 0 saturated heterocycles. The number of nitro groups is 1. The monoisotopic (exact) mass is 343 g/mol. The molecule has 1 atom stereocenters. The maximum absolute atomic E-state index is 11.7. The average Bonchev–Trinajstić information content (AvgIpc) is 2.56. The van der Waals surface area contributed by atoms with Gasteiger partial charge in [-0.25, -0.2) is 4.79 Å². The maximum Gasteiger partial charge on any atom is 0.321 e. The van der Waals surface area contributed by atoms with Gasteiger partial charge in [-0.15, -0.1) is 0 Å². The van der Waals surface area contributed by atoms with Crippen LogP contribution in [-0.2, 0) is 6.42 Å². The van der Waals surface area contributed by atoms with Gasteiger partial charge in [0.25, 0.3) is 0 Å². The third kappa shape index (κ3) is 5.20. The zero-order valence-corrected chi connectivity index (χ0v) is 14.4. The van der Waals surface area contributed by atoms with E-state index in [0.717, 1.165) is 5.56 Å². The number of rotatable bonds is 6. The number of anilines is 1. The zero-order valence-electron chi connectivity index (χ0n) is 14.4. The van der Waals surface area contributed by atoms with Crippen LogP contribution in [0.3, 0.4) is 0 Å². The smallest absolute Gasteiger partial charge is 0.321 e. The molecule has 2 rings (SSSR count). The Morgan fingerprint density at radius 1 is 1.24 bits per heavy atom. The lowest BCUT2D eigenvalue weighted by atomic mass is 10.1. The number of hydrogen-bond donors (Lipinski definition) is 1. The lowest BCUT2D eigenvalue weighted by Gasteiger charge is -2.16. The van der Waals surface area contributed by atoms with Crippen molar-refractivity contribution in [1.29, 1.82) is 0 Å². The molecule has 0 bridgehead atoms. The number of nitro benzene ring substituents is 1. The molecule has 2 aromatic rings. The van der Waals surface area contributed by atoms with Crippen molar-refractivity contribution in [1.82, 2.24) is 4.90 Å². The van der Waals surface area contributed by atoms with Gasteiger partial charge in [-0.2, -0.15) is 0 Å². The highest BCUT2D eigenvalue weighted by molar-refractivity contribution is 5.89. The van der Waals surface area contributed by atoms with Crippen molar-refractivity contribution in [2.75, 3.05) is 19.4 Å². The molecule has 0 aliphatic heterocycles. The molecule has 0 radical (unpaired) electrons. The number of nitrogens with one attached hydrogen (secondary N) is 1. The lowest BCUT2D eigenvalue weighted by molar-refractivity contribution is -0.386. The first kappa shape index (κ1) is 18.3. The highest BCUT2D eigenvalue weighted by Gasteiger charge is 2.19. The Morgan fingerprint density at radius 3 is 2.52 bits per heavy atom. The minimum Gasteiger partial charge on any atom is -0.483 e. The first-order valence-corrected chi connectivity index (χ1v) is 7.84. The summed E-state index contributed by atoms with van der Waals surface area (Å²) in [6, 6.07) is 13.8. The van der Waals surface area contributed by atoms with Crippen LogP contribution >= 0.6 is 0 Å². The van der Waals surface area contributed by atoms with Gasteiger partial charge in [0.05, 0.1) is 4.92 Å². The minimum atomic E-state index is -0.518. The zero-order chi connectivity index (χ0) is 18.4. The highest BCUT2D eigenvalue weighted by Crippen LogP contribution is 2.31. The van der Waals surface area contributed by atoms with Gasteiger partial charge in [0.2, 0.25) is 0 Å². The van der Waals surface area contributed by atoms with Crippen molar-refractivity contribution >= 4 is 17.4 Å². The third-order valence-corrected chi connectivity index (χ3v) is 3.51. The summed E-state index contributed by atoms with van der Waals surface area (Å²) in [7, 11) is 3.18. The Morgan fingerprint density at radius 2 is 1.92 bits per heavy atom. The number of carbonyl (C=O) groups excluding carboxylic acids is 1. The number of hydrogen-bond acceptors (Lipinski definition) is 4. The summed E-state index contributed by atoms with van der Waals surface area (Å²) >= 11 is 0. The van der Waals surface area contributed by atoms with E-state index in [-0.39, 0.29) is 23.6 Å². The number of benzene rings is 2. The number of amides is 2. The summed E-state index contributed by atoms with van der Waals surface area (Å²) in [6.07, 6.45) is 0.403. The Hall–Kier alpha value is -3.09. The predicted octanol–water partition coefficient (Wildman–Crippen LogP) is 3.70. The van der Waals surface area contributed by atoms with E-state index in [1.807, 2.05) is 37.3 Å². The van der Waals surface area contributed by atoms with Gasteiger partial charge >= 0.3 is 11.7 Å². The number of ether oxygens (including phenoxy) is 1. The molecule has 0 fully saturated rings. The standard InChI is InChI=1S/C18H21N3O4/c1-13(11-14-7-5-4-6-8-14)25-17-10-9-15(12-16(17)21(23)24)19-18(22)20(2)3/h4-10,12-13H,11H2,1-3H3,(H,19,22). The molecule has 7 heteroatoms. The summed E-state index contributed by atoms with van der Waals surface area (Å²) in [5.74, 6) is 0.177. The normalized spacial score (nSPS) is 11.5. The van der Waals surface area contributed by atoms with Gasteiger partial charge in [0, 0.05) is 32.3 Å². The molecule has 25 heavy (non-hydrogen) atoms. The van der Waals surface area contributed by atoms with Gasteiger partial charge in [-0.3, -0.25) is 10.1 Å². The summed E-state index contributed by atoms with van der Waals surface area (Å²) in [5, 5.41) is 13.9. The van der Waals surface area contributed by atoms with Crippen LogP contribution in [0.25, 0.3) is 0 Å². The topological polar surface area (TPSA) is 84.7 Å². The fraction of sp³-hybridized carbons (Fsp3) is 0.278. The van der Waals surface area contributed by atoms with Crippen molar-refractivity contribution in [3.8, 4) is 5.75 Å². The van der Waals surface area contributed by atoms with Crippen LogP contribution in [0.4, 0.5) is 16.2 Å². The van der Waals surface area contributed by atoms with Crippen LogP contribution < -0.4 is 10.1 Å². The molecule has 1 unspecified atom stereocenters. The molecular weight excluding hydrogens is 322 g/mol. The van der Waals surface area contributed by atoms with E-state index in [4.69, 9.17) is 4.74 Å². The average molecular weight is 343 g/mol. The Labute approximate surface area is 146 Å². The van der Waals surface area contributed by atoms with Gasteiger partial charge in [0.1, 0.15) is 6.10 Å². The molecule has 2 amide bonds. The predicted molar refractivity (Wildman–Crippen MR) is 96.0 cm³/mol. The molecule has 7 nitrogen and oxygen atoms in total. The molecule has 0 aliphatic carbocycles. The second-order valence-corrected chi connectivity index (χ2v) is 5.88. The molecule has 2 aromatic carbocycles. The van der Waals surface area contributed by atoms with Crippen molar-refractivity contribution in [3.63, 3.8) is 0 Å². The molecule has 0 spiro atoms. The van der Waals surface area contributed by atoms with Crippen molar-refractivity contribution in [2.24, 2.45) is 0 Å². The molecule has 0 aromatic heterocycles. The van der Waals surface area contributed by atoms with Gasteiger partial charge in [-0.05, 0) is 24.6 Å². The van der Waals surface area contributed by atoms with Crippen molar-refractivity contribution in [2.45, 2.75) is 19.4 Å². The Bertz CT molecular complexity index is 747. The molecule has 132 valence electrons. The van der Waals surface area contributed by atoms with Crippen LogP contribution in [0.15, 0.2) is 48.5 Å². The third-order valence-electron chi connectivity index (χ3n) is 3.51. The quantitative estimate of drug-likeness (QED) is 0.640. The van der Waals surface area contributed by atoms with Crippen LogP contribution in [0, 0.1) is 10.1 Å². The molecule has 0 aliphatic rings. The first-order valence-electron chi connectivity index (χ1n) is 7.84. The van der Waals surface area contributed by atoms with E-state index in [9.17, 15) is 14.9 Å². The fourth-order valence-corrected chi connectivity index (χ4v) is 2.28. The van der Waals surface area contributed by atoms with E-state index in [2.05, 4.69) is 5.32 Å². The Balaban J connectivity index is 2.14. The molecule has 1 N–H and O–H groups in total. The van der Waals surface area contributed by atoms with Crippen molar-refractivity contribution < 1.29 is 14.5 Å². The largest absolute Gasteiger partial charge is 0.483 e. The van der Waals surface area contributed by atoms with Crippen molar-refractivity contribution in [3.05, 3.63) is 64.2 Å². The second-order valence-electron chi connectivity index (χ2n) is 5.88. The van der Waals surface area contributed by atoms with E-state index < -0.39 is 4.92 Å². The van der Waals surface area contributed by atoms with Crippen LogP contribution in [-0.4, -0.2) is 36.1 Å². The maximum atomic E-state index is 11.7. The van der Waals surface area contributed by atoms with Crippen LogP contribution in [0.5, 0.6) is 5.75 Å². The fourth-order valence-electron chi connectivity index (χ4n) is 2.28. The highest BCUT2D eigenvalue weighted by atomic mass is 16.6. The molecular formula is C18H21N3O4. The van der Waals surface area contributed by atoms with Gasteiger partial charge in [0.15, 0.2) is 5.75 Å². The van der Waals surface area contributed by atoms with E-state index in [1.54, 1.807) is 20.2 Å². The summed E-state index contributed by atoms with van der Waals surface area (Å²) in [5.41, 5.74) is 1.25. The van der Waals surface area contributed by atoms with Crippen LogP contribution in [0.1, 0.15) is 12.5 Å². The second kappa shape index (κ2) is 8.14. The molecule has 0 heterocycles. The lowest BCUT2D eigenvalue weighted by Crippen LogP contribution is -2.27. The summed E-state index contributed by atoms with van der Waals surface area (Å²) in [4.78, 5) is 23.8. The molecule has 0 saturated carbocycles. The number of carbonyl (C=O) groups is 1. The Kier molecular flexibility index (Phi) is 5.94. The minimum absolute atomic E-state index is 0.177. The number of nitrogens with zero attached hydrogens (tertiary/aromatic N) is 2. The van der Waals surface area contributed by atoms with E-state index in [0.29, 0.717) is 12.1 Å². The van der Waals surface area contributed by atoms with E-state index >= 15 is 0 Å². The van der Waals surface area contributed by atoms with Crippen LogP contribution in [0.2, 0.25) is 0 Å².